The SMILES string of the molecule is Cc1ccc(C(=O)NN=Cc2ccc(N(c3ccccc3)c3ccccc3)cc2)c(C)c1. The molecule has 0 unspecified atom stereocenters. The average Bonchev–Trinajstić information content (AvgIpc) is 2.81. The molecule has 4 nitrogen and oxygen atoms in total. The van der Waals surface area contributed by atoms with E-state index in [2.05, 4.69) is 39.7 Å². The lowest BCUT2D eigenvalue weighted by Crippen LogP contribution is -2.18. The molecule has 158 valence electrons. The smallest absolute Gasteiger partial charge is 0.271 e. The van der Waals surface area contributed by atoms with Gasteiger partial charge in [0.2, 0.25) is 0 Å². The van der Waals surface area contributed by atoms with Gasteiger partial charge in [0.05, 0.1) is 6.21 Å². The van der Waals surface area contributed by atoms with E-state index >= 15 is 0 Å². The van der Waals surface area contributed by atoms with Crippen LogP contribution in [0.2, 0.25) is 0 Å². The number of benzene rings is 4. The third-order valence-electron chi connectivity index (χ3n) is 5.19. The number of nitrogens with zero attached hydrogens (tertiary/aromatic N) is 2. The zero-order valence-corrected chi connectivity index (χ0v) is 18.2. The number of nitrogens with one attached hydrogen (secondary N) is 1. The summed E-state index contributed by atoms with van der Waals surface area (Å²) in [6, 6.07) is 34.3. The highest BCUT2D eigenvalue weighted by Crippen LogP contribution is 2.33. The highest BCUT2D eigenvalue weighted by Gasteiger charge is 2.11. The number of amides is 1. The predicted octanol–water partition coefficient (Wildman–Crippen LogP) is 6.54. The third-order valence-corrected chi connectivity index (χ3v) is 5.19. The van der Waals surface area contributed by atoms with Gasteiger partial charge in [0.25, 0.3) is 5.91 Å². The first-order valence-corrected chi connectivity index (χ1v) is 10.5. The molecule has 0 atom stereocenters. The van der Waals surface area contributed by atoms with Crippen molar-refractivity contribution < 1.29 is 4.79 Å². The Balaban J connectivity index is 1.51. The first-order valence-electron chi connectivity index (χ1n) is 10.5. The summed E-state index contributed by atoms with van der Waals surface area (Å²) in [4.78, 5) is 14.6. The number of hydrogen-bond donors (Lipinski definition) is 1. The summed E-state index contributed by atoms with van der Waals surface area (Å²) in [6.07, 6.45) is 1.65. The van der Waals surface area contributed by atoms with Gasteiger partial charge in [-0.25, -0.2) is 5.43 Å². The number of para-hydroxylation sites is 2. The van der Waals surface area contributed by atoms with E-state index in [4.69, 9.17) is 0 Å². The molecule has 0 aliphatic heterocycles. The third kappa shape index (κ3) is 4.93. The van der Waals surface area contributed by atoms with Crippen molar-refractivity contribution in [2.75, 3.05) is 4.90 Å². The summed E-state index contributed by atoms with van der Waals surface area (Å²) in [5.74, 6) is -0.213. The molecule has 0 heterocycles. The van der Waals surface area contributed by atoms with Gasteiger partial charge in [-0.05, 0) is 67.4 Å². The van der Waals surface area contributed by atoms with Crippen LogP contribution in [-0.4, -0.2) is 12.1 Å². The molecule has 0 bridgehead atoms. The van der Waals surface area contributed by atoms with Crippen LogP contribution >= 0.6 is 0 Å². The molecule has 1 N–H and O–H groups in total. The molecule has 0 saturated heterocycles. The lowest BCUT2D eigenvalue weighted by molar-refractivity contribution is 0.0954. The Kier molecular flexibility index (Phi) is 6.42. The minimum atomic E-state index is -0.213. The summed E-state index contributed by atoms with van der Waals surface area (Å²) < 4.78 is 0. The second-order valence-electron chi connectivity index (χ2n) is 7.62. The zero-order chi connectivity index (χ0) is 22.3. The molecule has 0 aliphatic rings. The molecule has 4 aromatic rings. The van der Waals surface area contributed by atoms with E-state index in [1.807, 2.05) is 92.7 Å². The molecule has 0 aliphatic carbocycles. The number of hydrogen-bond acceptors (Lipinski definition) is 3. The maximum atomic E-state index is 12.4. The molecule has 4 heteroatoms. The Labute approximate surface area is 188 Å². The molecule has 4 rings (SSSR count). The lowest BCUT2D eigenvalue weighted by Gasteiger charge is -2.25. The number of aryl methyl sites for hydroxylation is 2. The van der Waals surface area contributed by atoms with Crippen LogP contribution in [0.25, 0.3) is 0 Å². The Morgan fingerprint density at radius 2 is 1.31 bits per heavy atom. The van der Waals surface area contributed by atoms with Gasteiger partial charge in [-0.2, -0.15) is 5.10 Å². The summed E-state index contributed by atoms with van der Waals surface area (Å²) >= 11 is 0. The van der Waals surface area contributed by atoms with Gasteiger partial charge in [0.15, 0.2) is 0 Å². The minimum absolute atomic E-state index is 0.213. The molecule has 0 aromatic heterocycles. The Bertz CT molecular complexity index is 1180. The quantitative estimate of drug-likeness (QED) is 0.285. The van der Waals surface area contributed by atoms with Gasteiger partial charge >= 0.3 is 0 Å². The molecule has 0 spiro atoms. The molecule has 1 amide bonds. The van der Waals surface area contributed by atoms with Crippen LogP contribution in [0, 0.1) is 13.8 Å². The summed E-state index contributed by atoms with van der Waals surface area (Å²) in [5, 5.41) is 4.13. The van der Waals surface area contributed by atoms with E-state index < -0.39 is 0 Å². The van der Waals surface area contributed by atoms with Gasteiger partial charge in [0, 0.05) is 22.6 Å². The van der Waals surface area contributed by atoms with E-state index in [1.165, 1.54) is 0 Å². The number of hydrazone groups is 1. The van der Waals surface area contributed by atoms with Crippen molar-refractivity contribution in [2.45, 2.75) is 13.8 Å². The molecule has 0 saturated carbocycles. The highest BCUT2D eigenvalue weighted by atomic mass is 16.2. The normalized spacial score (nSPS) is 10.8. The Morgan fingerprint density at radius 1 is 0.750 bits per heavy atom. The average molecular weight is 420 g/mol. The first-order chi connectivity index (χ1) is 15.6. The molecule has 0 radical (unpaired) electrons. The Hall–Kier alpha value is -4.18. The van der Waals surface area contributed by atoms with Crippen molar-refractivity contribution >= 4 is 29.2 Å². The van der Waals surface area contributed by atoms with Crippen LogP contribution in [0.5, 0.6) is 0 Å². The summed E-state index contributed by atoms with van der Waals surface area (Å²) in [7, 11) is 0. The van der Waals surface area contributed by atoms with Crippen LogP contribution in [0.4, 0.5) is 17.1 Å². The van der Waals surface area contributed by atoms with Gasteiger partial charge in [-0.3, -0.25) is 4.79 Å². The maximum absolute atomic E-state index is 12.4. The molecule has 32 heavy (non-hydrogen) atoms. The van der Waals surface area contributed by atoms with Gasteiger partial charge < -0.3 is 4.90 Å². The van der Waals surface area contributed by atoms with E-state index in [-0.39, 0.29) is 5.91 Å². The van der Waals surface area contributed by atoms with Crippen LogP contribution < -0.4 is 10.3 Å². The van der Waals surface area contributed by atoms with E-state index in [0.29, 0.717) is 5.56 Å². The molecular formula is C28H25N3O. The molecule has 4 aromatic carbocycles. The van der Waals surface area contributed by atoms with Crippen molar-refractivity contribution in [1.82, 2.24) is 5.43 Å². The topological polar surface area (TPSA) is 44.7 Å². The fourth-order valence-electron chi connectivity index (χ4n) is 3.60. The zero-order valence-electron chi connectivity index (χ0n) is 18.2. The van der Waals surface area contributed by atoms with Crippen molar-refractivity contribution in [3.05, 3.63) is 125 Å². The second-order valence-corrected chi connectivity index (χ2v) is 7.62. The summed E-state index contributed by atoms with van der Waals surface area (Å²) in [5.41, 5.74) is 9.42. The second kappa shape index (κ2) is 9.75. The van der Waals surface area contributed by atoms with Gasteiger partial charge in [-0.15, -0.1) is 0 Å². The summed E-state index contributed by atoms with van der Waals surface area (Å²) in [6.45, 7) is 3.93. The standard InChI is InChI=1S/C28H25N3O/c1-21-13-18-27(22(2)19-21)28(32)30-29-20-23-14-16-26(17-15-23)31(24-9-5-3-6-10-24)25-11-7-4-8-12-25/h3-20H,1-2H3,(H,30,32). The molecular weight excluding hydrogens is 394 g/mol. The van der Waals surface area contributed by atoms with Crippen LogP contribution in [-0.2, 0) is 0 Å². The van der Waals surface area contributed by atoms with Gasteiger partial charge in [-0.1, -0.05) is 66.2 Å². The number of carbonyl (C=O) groups excluding carboxylic acids is 1. The number of carbonyl (C=O) groups is 1. The van der Waals surface area contributed by atoms with Crippen LogP contribution in [0.1, 0.15) is 27.0 Å². The van der Waals surface area contributed by atoms with Crippen molar-refractivity contribution in [1.29, 1.82) is 0 Å². The fourth-order valence-corrected chi connectivity index (χ4v) is 3.60. The number of rotatable bonds is 6. The Morgan fingerprint density at radius 3 is 1.88 bits per heavy atom. The van der Waals surface area contributed by atoms with E-state index in [0.717, 1.165) is 33.8 Å². The highest BCUT2D eigenvalue weighted by molar-refractivity contribution is 5.96. The van der Waals surface area contributed by atoms with Crippen molar-refractivity contribution in [3.63, 3.8) is 0 Å². The largest absolute Gasteiger partial charge is 0.311 e. The lowest BCUT2D eigenvalue weighted by atomic mass is 10.1. The van der Waals surface area contributed by atoms with Crippen LogP contribution in [0.3, 0.4) is 0 Å². The van der Waals surface area contributed by atoms with Crippen molar-refractivity contribution in [3.8, 4) is 0 Å². The van der Waals surface area contributed by atoms with E-state index in [9.17, 15) is 4.79 Å². The number of anilines is 3. The predicted molar refractivity (Wildman–Crippen MR) is 132 cm³/mol. The monoisotopic (exact) mass is 419 g/mol. The van der Waals surface area contributed by atoms with Crippen LogP contribution in [0.15, 0.2) is 108 Å². The maximum Gasteiger partial charge on any atom is 0.271 e. The molecule has 0 fully saturated rings. The van der Waals surface area contributed by atoms with Crippen molar-refractivity contribution in [2.24, 2.45) is 5.10 Å². The minimum Gasteiger partial charge on any atom is -0.311 e. The van der Waals surface area contributed by atoms with Gasteiger partial charge in [0.1, 0.15) is 0 Å². The van der Waals surface area contributed by atoms with E-state index in [1.54, 1.807) is 6.21 Å². The first kappa shape index (κ1) is 21.1. The fraction of sp³-hybridized carbons (Fsp3) is 0.0714.